The van der Waals surface area contributed by atoms with Gasteiger partial charge in [-0.05, 0) is 26.2 Å². The largest absolute Gasteiger partial charge is 0.385 e. The number of rotatable bonds is 7. The second kappa shape index (κ2) is 5.75. The fourth-order valence-corrected chi connectivity index (χ4v) is 2.46. The molecule has 1 aromatic rings. The molecule has 0 spiro atoms. The van der Waals surface area contributed by atoms with Gasteiger partial charge in [0.05, 0.1) is 5.69 Å². The van der Waals surface area contributed by atoms with Gasteiger partial charge in [-0.15, -0.1) is 11.3 Å². The van der Waals surface area contributed by atoms with Crippen LogP contribution in [0.15, 0.2) is 5.38 Å². The van der Waals surface area contributed by atoms with Gasteiger partial charge in [0.2, 0.25) is 0 Å². The number of hydrogen-bond donors (Lipinski definition) is 1. The minimum absolute atomic E-state index is 0.494. The lowest BCUT2D eigenvalue weighted by atomic mass is 10.2. The molecule has 16 heavy (non-hydrogen) atoms. The quantitative estimate of drug-likeness (QED) is 0.795. The van der Waals surface area contributed by atoms with Crippen LogP contribution in [0.2, 0.25) is 0 Å². The molecule has 0 radical (unpaired) electrons. The summed E-state index contributed by atoms with van der Waals surface area (Å²) in [6.07, 6.45) is 3.72. The Hall–Kier alpha value is -0.450. The summed E-state index contributed by atoms with van der Waals surface area (Å²) in [4.78, 5) is 4.65. The van der Waals surface area contributed by atoms with Crippen molar-refractivity contribution in [1.29, 1.82) is 0 Å². The van der Waals surface area contributed by atoms with Crippen molar-refractivity contribution >= 4 is 11.3 Å². The third-order valence-electron chi connectivity index (χ3n) is 2.92. The number of thiazole rings is 1. The van der Waals surface area contributed by atoms with E-state index in [2.05, 4.69) is 22.6 Å². The predicted molar refractivity (Wildman–Crippen MR) is 66.9 cm³/mol. The van der Waals surface area contributed by atoms with Crippen LogP contribution in [0.5, 0.6) is 0 Å². The van der Waals surface area contributed by atoms with Gasteiger partial charge in [-0.3, -0.25) is 0 Å². The van der Waals surface area contributed by atoms with Crippen LogP contribution in [-0.4, -0.2) is 24.7 Å². The first kappa shape index (κ1) is 12.0. The van der Waals surface area contributed by atoms with Crippen molar-refractivity contribution in [3.63, 3.8) is 0 Å². The second-order valence-electron chi connectivity index (χ2n) is 4.50. The van der Waals surface area contributed by atoms with Gasteiger partial charge >= 0.3 is 0 Å². The molecule has 0 bridgehead atoms. The van der Waals surface area contributed by atoms with Gasteiger partial charge in [-0.2, -0.15) is 0 Å². The summed E-state index contributed by atoms with van der Waals surface area (Å²) in [7, 11) is 1.75. The van der Waals surface area contributed by atoms with Crippen LogP contribution in [0, 0.1) is 0 Å². The van der Waals surface area contributed by atoms with Crippen LogP contribution >= 0.6 is 11.3 Å². The first-order valence-electron chi connectivity index (χ1n) is 5.96. The lowest BCUT2D eigenvalue weighted by Crippen LogP contribution is -2.26. The highest BCUT2D eigenvalue weighted by Crippen LogP contribution is 2.40. The Morgan fingerprint density at radius 3 is 3.12 bits per heavy atom. The summed E-state index contributed by atoms with van der Waals surface area (Å²) in [6.45, 7) is 3.90. The highest BCUT2D eigenvalue weighted by atomic mass is 32.1. The van der Waals surface area contributed by atoms with Crippen molar-refractivity contribution in [3.8, 4) is 0 Å². The lowest BCUT2D eigenvalue weighted by Gasteiger charge is -2.11. The van der Waals surface area contributed by atoms with E-state index >= 15 is 0 Å². The first-order valence-corrected chi connectivity index (χ1v) is 6.84. The fraction of sp³-hybridized carbons (Fsp3) is 0.750. The molecule has 90 valence electrons. The van der Waals surface area contributed by atoms with Crippen molar-refractivity contribution in [1.82, 2.24) is 10.3 Å². The minimum Gasteiger partial charge on any atom is -0.385 e. The van der Waals surface area contributed by atoms with Crippen LogP contribution in [0.3, 0.4) is 0 Å². The van der Waals surface area contributed by atoms with Crippen molar-refractivity contribution < 1.29 is 4.74 Å². The lowest BCUT2D eigenvalue weighted by molar-refractivity contribution is 0.184. The molecule has 1 fully saturated rings. The number of nitrogens with one attached hydrogen (secondary N) is 1. The first-order chi connectivity index (χ1) is 7.79. The smallest absolute Gasteiger partial charge is 0.107 e. The van der Waals surface area contributed by atoms with E-state index in [4.69, 9.17) is 4.74 Å². The molecule has 0 saturated heterocycles. The molecule has 1 heterocycles. The van der Waals surface area contributed by atoms with Crippen molar-refractivity contribution in [2.45, 2.75) is 44.7 Å². The summed E-state index contributed by atoms with van der Waals surface area (Å²) in [5.41, 5.74) is 1.31. The molecule has 0 aromatic carbocycles. The summed E-state index contributed by atoms with van der Waals surface area (Å²) in [6, 6.07) is 0.494. The Labute approximate surface area is 101 Å². The van der Waals surface area contributed by atoms with E-state index in [9.17, 15) is 0 Å². The molecule has 2 rings (SSSR count). The molecule has 1 saturated carbocycles. The van der Waals surface area contributed by atoms with Gasteiger partial charge in [0.25, 0.3) is 0 Å². The zero-order valence-corrected chi connectivity index (χ0v) is 10.8. The summed E-state index contributed by atoms with van der Waals surface area (Å²) < 4.78 is 5.06. The van der Waals surface area contributed by atoms with Gasteiger partial charge in [0.1, 0.15) is 5.01 Å². The Bertz CT molecular complexity index is 323. The topological polar surface area (TPSA) is 34.1 Å². The average Bonchev–Trinajstić information content (AvgIpc) is 3.03. The predicted octanol–water partition coefficient (Wildman–Crippen LogP) is 2.54. The van der Waals surface area contributed by atoms with Gasteiger partial charge in [0, 0.05) is 37.6 Å². The molecular weight excluding hydrogens is 220 g/mol. The summed E-state index contributed by atoms with van der Waals surface area (Å²) in [5.74, 6) is 0.774. The number of aromatic nitrogens is 1. The van der Waals surface area contributed by atoms with Crippen molar-refractivity contribution in [3.05, 3.63) is 16.1 Å². The van der Waals surface area contributed by atoms with E-state index in [0.29, 0.717) is 6.04 Å². The van der Waals surface area contributed by atoms with E-state index in [-0.39, 0.29) is 0 Å². The highest BCUT2D eigenvalue weighted by molar-refractivity contribution is 7.09. The molecule has 0 aliphatic heterocycles. The zero-order chi connectivity index (χ0) is 11.4. The third kappa shape index (κ3) is 3.54. The maximum absolute atomic E-state index is 5.06. The van der Waals surface area contributed by atoms with Crippen LogP contribution in [-0.2, 0) is 11.3 Å². The van der Waals surface area contributed by atoms with E-state index in [1.54, 1.807) is 18.4 Å². The number of nitrogens with zero attached hydrogens (tertiary/aromatic N) is 1. The molecular formula is C12H20N2OS. The monoisotopic (exact) mass is 240 g/mol. The molecule has 3 nitrogen and oxygen atoms in total. The average molecular weight is 240 g/mol. The Balaban J connectivity index is 1.71. The van der Waals surface area contributed by atoms with E-state index < -0.39 is 0 Å². The molecule has 0 amide bonds. The summed E-state index contributed by atoms with van der Waals surface area (Å²) in [5, 5.41) is 6.91. The number of hydrogen-bond acceptors (Lipinski definition) is 4. The minimum atomic E-state index is 0.494. The van der Waals surface area contributed by atoms with Crippen molar-refractivity contribution in [2.75, 3.05) is 13.7 Å². The van der Waals surface area contributed by atoms with E-state index in [1.807, 2.05) is 0 Å². The fourth-order valence-electron chi connectivity index (χ4n) is 1.63. The second-order valence-corrected chi connectivity index (χ2v) is 5.45. The summed E-state index contributed by atoms with van der Waals surface area (Å²) >= 11 is 1.78. The maximum Gasteiger partial charge on any atom is 0.107 e. The molecule has 1 aliphatic rings. The van der Waals surface area contributed by atoms with Crippen molar-refractivity contribution in [2.24, 2.45) is 0 Å². The number of methoxy groups -OCH3 is 1. The van der Waals surface area contributed by atoms with Crippen LogP contribution < -0.4 is 5.32 Å². The molecule has 4 heteroatoms. The third-order valence-corrected chi connectivity index (χ3v) is 3.79. The van der Waals surface area contributed by atoms with E-state index in [1.165, 1.54) is 23.5 Å². The SMILES string of the molecule is COCCC(C)NCc1nc(C2CC2)cs1. The number of ether oxygens (including phenoxy) is 1. The highest BCUT2D eigenvalue weighted by Gasteiger charge is 2.25. The molecule has 1 N–H and O–H groups in total. The van der Waals surface area contributed by atoms with Crippen LogP contribution in [0.25, 0.3) is 0 Å². The van der Waals surface area contributed by atoms with Crippen LogP contribution in [0.4, 0.5) is 0 Å². The van der Waals surface area contributed by atoms with Gasteiger partial charge in [-0.1, -0.05) is 0 Å². The normalized spacial score (nSPS) is 17.6. The van der Waals surface area contributed by atoms with Gasteiger partial charge in [-0.25, -0.2) is 4.98 Å². The molecule has 1 aliphatic carbocycles. The Morgan fingerprint density at radius 1 is 1.62 bits per heavy atom. The molecule has 1 atom stereocenters. The van der Waals surface area contributed by atoms with Crippen LogP contribution in [0.1, 0.15) is 42.8 Å². The Kier molecular flexibility index (Phi) is 4.32. The zero-order valence-electron chi connectivity index (χ0n) is 10.0. The maximum atomic E-state index is 5.06. The van der Waals surface area contributed by atoms with Gasteiger partial charge < -0.3 is 10.1 Å². The van der Waals surface area contributed by atoms with E-state index in [0.717, 1.165) is 25.5 Å². The standard InChI is InChI=1S/C12H20N2OS/c1-9(5-6-15-2)13-7-12-14-11(8-16-12)10-3-4-10/h8-10,13H,3-7H2,1-2H3. The van der Waals surface area contributed by atoms with Gasteiger partial charge in [0.15, 0.2) is 0 Å². The Morgan fingerprint density at radius 2 is 2.44 bits per heavy atom. The molecule has 1 aromatic heterocycles. The molecule has 1 unspecified atom stereocenters.